The minimum Gasteiger partial charge on any atom is -0.496 e. The van der Waals surface area contributed by atoms with Crippen molar-refractivity contribution in [3.63, 3.8) is 0 Å². The highest BCUT2D eigenvalue weighted by molar-refractivity contribution is 5.83. The molecule has 0 aliphatic carbocycles. The molecule has 19 heteroatoms. The van der Waals surface area contributed by atoms with Crippen LogP contribution in [0.2, 0.25) is 0 Å². The van der Waals surface area contributed by atoms with Gasteiger partial charge in [0, 0.05) is 18.2 Å². The molecule has 6 aromatic rings. The van der Waals surface area contributed by atoms with Crippen molar-refractivity contribution < 1.29 is 90.5 Å². The number of rotatable bonds is 53. The minimum absolute atomic E-state index is 0.0496. The second-order valence-electron chi connectivity index (χ2n) is 31.1. The predicted octanol–water partition coefficient (Wildman–Crippen LogP) is 22.1. The van der Waals surface area contributed by atoms with Crippen LogP contribution >= 0.6 is 0 Å². The Morgan fingerprint density at radius 1 is 0.282 bits per heavy atom. The molecule has 6 rings (SSSR count). The fourth-order valence-corrected chi connectivity index (χ4v) is 12.7. The van der Waals surface area contributed by atoms with Crippen LogP contribution in [0.1, 0.15) is 254 Å². The number of benzene rings is 6. The number of aliphatic hydroxyl groups excluding tert-OH is 1. The molecule has 0 atom stereocenters. The van der Waals surface area contributed by atoms with E-state index in [4.69, 9.17) is 71.1 Å². The molecule has 0 amide bonds. The number of unbranched alkanes of at least 4 members (excludes halogenated alkanes) is 21. The quantitative estimate of drug-likeness (QED) is 0.0214. The molecule has 0 spiro atoms. The third-order valence-electron chi connectivity index (χ3n) is 17.9. The summed E-state index contributed by atoms with van der Waals surface area (Å²) < 4.78 is 93.7. The van der Waals surface area contributed by atoms with Crippen LogP contribution < -0.4 is 56.8 Å². The Kier molecular flexibility index (Phi) is 38.9. The van der Waals surface area contributed by atoms with E-state index >= 15 is 0 Å². The molecule has 110 heavy (non-hydrogen) atoms. The maximum absolute atomic E-state index is 13.3. The number of methoxy groups -OCH3 is 4. The molecule has 6 aromatic carbocycles. The van der Waals surface area contributed by atoms with E-state index in [1.54, 1.807) is 85.6 Å². The van der Waals surface area contributed by atoms with E-state index in [-0.39, 0.29) is 39.6 Å². The summed E-state index contributed by atoms with van der Waals surface area (Å²) in [5.74, 6) is 3.49. The smallest absolute Gasteiger partial charge is 0.344 e. The van der Waals surface area contributed by atoms with Crippen LogP contribution in [0.25, 0.3) is 33.4 Å². The van der Waals surface area contributed by atoms with Crippen LogP contribution in [0, 0.1) is 0 Å². The number of hydrogen-bond donors (Lipinski definition) is 1. The van der Waals surface area contributed by atoms with Crippen molar-refractivity contribution in [1.29, 1.82) is 0 Å². The standard InChI is InChI=1S/C91H130O19/c1-17-20-23-26-29-32-35-38-41-100-71-50-68(53-74(56-71)103-62-83(93)108-89(4,5)6)86-77(96-13)46-66(47-78(86)97-14)60-106-81-44-65(59-92)45-82(88(81)70-52-73(102-43-40-37-34-31-28-25-22-19-3)58-76(55-70)105-64-85(95)110-91(10,11)12)107-61-67-48-79(98-15)87(80(49-67)99-16)69-51-72(101-42-39-36-33-30-27-24-21-18-2)57-75(54-69)104-63-84(94)109-90(7,8)9/h44-58,92H,17-43,59-64H2,1-16H3. The average Bonchev–Trinajstić information content (AvgIpc) is 0.785. The molecule has 0 unspecified atom stereocenters. The molecule has 19 nitrogen and oxygen atoms in total. The summed E-state index contributed by atoms with van der Waals surface area (Å²) in [7, 11) is 6.32. The monoisotopic (exact) mass is 1530 g/mol. The highest BCUT2D eigenvalue weighted by Gasteiger charge is 2.26. The lowest BCUT2D eigenvalue weighted by Gasteiger charge is -2.22. The van der Waals surface area contributed by atoms with Gasteiger partial charge in [0.15, 0.2) is 19.8 Å². The van der Waals surface area contributed by atoms with Gasteiger partial charge >= 0.3 is 17.9 Å². The summed E-state index contributed by atoms with van der Waals surface area (Å²) in [5, 5.41) is 11.1. The Hall–Kier alpha value is -8.71. The molecule has 0 fully saturated rings. The van der Waals surface area contributed by atoms with Crippen LogP contribution in [-0.4, -0.2) is 108 Å². The van der Waals surface area contributed by atoms with Gasteiger partial charge < -0.3 is 76.2 Å². The summed E-state index contributed by atoms with van der Waals surface area (Å²) in [6, 6.07) is 27.4. The van der Waals surface area contributed by atoms with E-state index < -0.39 is 34.7 Å². The van der Waals surface area contributed by atoms with Gasteiger partial charge in [0.05, 0.1) is 71.6 Å². The maximum atomic E-state index is 13.3. The van der Waals surface area contributed by atoms with E-state index in [9.17, 15) is 19.5 Å². The van der Waals surface area contributed by atoms with Crippen LogP contribution in [0.3, 0.4) is 0 Å². The summed E-state index contributed by atoms with van der Waals surface area (Å²) in [6.45, 7) is 22.8. The van der Waals surface area contributed by atoms with E-state index in [1.807, 2.05) is 96.1 Å². The summed E-state index contributed by atoms with van der Waals surface area (Å²) >= 11 is 0. The first kappa shape index (κ1) is 90.2. The third kappa shape index (κ3) is 33.1. The van der Waals surface area contributed by atoms with Crippen molar-refractivity contribution in [1.82, 2.24) is 0 Å². The van der Waals surface area contributed by atoms with Gasteiger partial charge in [0.1, 0.15) is 99.0 Å². The van der Waals surface area contributed by atoms with Gasteiger partial charge in [-0.1, -0.05) is 156 Å². The zero-order valence-corrected chi connectivity index (χ0v) is 69.3. The third-order valence-corrected chi connectivity index (χ3v) is 17.9. The molecule has 0 saturated carbocycles. The van der Waals surface area contributed by atoms with Crippen molar-refractivity contribution in [3.8, 4) is 102 Å². The molecule has 0 aliphatic heterocycles. The molecule has 0 aromatic heterocycles. The zero-order valence-electron chi connectivity index (χ0n) is 69.3. The lowest BCUT2D eigenvalue weighted by molar-refractivity contribution is -0.158. The fraction of sp³-hybridized carbons (Fsp3) is 0.571. The molecule has 608 valence electrons. The van der Waals surface area contributed by atoms with E-state index in [1.165, 1.54) is 89.9 Å². The van der Waals surface area contributed by atoms with Crippen molar-refractivity contribution in [2.24, 2.45) is 0 Å². The van der Waals surface area contributed by atoms with Crippen LogP contribution in [0.15, 0.2) is 91.0 Å². The second-order valence-corrected chi connectivity index (χ2v) is 31.1. The predicted molar refractivity (Wildman–Crippen MR) is 435 cm³/mol. The Bertz CT molecular complexity index is 3510. The largest absolute Gasteiger partial charge is 0.496 e. The summed E-state index contributed by atoms with van der Waals surface area (Å²) in [6.07, 6.45) is 27.4. The molecular formula is C91H130O19. The minimum atomic E-state index is -0.757. The van der Waals surface area contributed by atoms with Gasteiger partial charge in [-0.05, 0) is 188 Å². The Balaban J connectivity index is 1.44. The van der Waals surface area contributed by atoms with Gasteiger partial charge in [-0.25, -0.2) is 14.4 Å². The molecule has 0 heterocycles. The van der Waals surface area contributed by atoms with E-state index in [2.05, 4.69) is 20.8 Å². The summed E-state index contributed by atoms with van der Waals surface area (Å²) in [5.41, 5.74) is 3.12. The van der Waals surface area contributed by atoms with Crippen molar-refractivity contribution in [3.05, 3.63) is 108 Å². The first-order valence-electron chi connectivity index (χ1n) is 40.2. The normalized spacial score (nSPS) is 11.5. The summed E-state index contributed by atoms with van der Waals surface area (Å²) in [4.78, 5) is 39.3. The number of carbonyl (C=O) groups excluding carboxylic acids is 3. The fourth-order valence-electron chi connectivity index (χ4n) is 12.7. The van der Waals surface area contributed by atoms with Gasteiger partial charge in [-0.3, -0.25) is 0 Å². The van der Waals surface area contributed by atoms with Crippen LogP contribution in [0.4, 0.5) is 0 Å². The molecule has 0 radical (unpaired) electrons. The molecular weight excluding hydrogens is 1400 g/mol. The van der Waals surface area contributed by atoms with Crippen LogP contribution in [0.5, 0.6) is 69.0 Å². The van der Waals surface area contributed by atoms with Crippen molar-refractivity contribution in [2.45, 2.75) is 274 Å². The second kappa shape index (κ2) is 47.5. The average molecular weight is 1530 g/mol. The molecule has 0 bridgehead atoms. The zero-order chi connectivity index (χ0) is 79.9. The first-order valence-corrected chi connectivity index (χ1v) is 40.2. The topological polar surface area (TPSA) is 210 Å². The number of hydrogen-bond acceptors (Lipinski definition) is 19. The lowest BCUT2D eigenvalue weighted by atomic mass is 9.99. The maximum Gasteiger partial charge on any atom is 0.344 e. The van der Waals surface area contributed by atoms with Gasteiger partial charge in [-0.15, -0.1) is 0 Å². The first-order chi connectivity index (χ1) is 52.8. The molecule has 0 aliphatic rings. The van der Waals surface area contributed by atoms with Crippen molar-refractivity contribution >= 4 is 17.9 Å². The van der Waals surface area contributed by atoms with Gasteiger partial charge in [0.25, 0.3) is 0 Å². The van der Waals surface area contributed by atoms with Crippen molar-refractivity contribution in [2.75, 3.05) is 68.1 Å². The van der Waals surface area contributed by atoms with Gasteiger partial charge in [-0.2, -0.15) is 0 Å². The molecule has 0 saturated heterocycles. The Morgan fingerprint density at radius 3 is 0.745 bits per heavy atom. The highest BCUT2D eigenvalue weighted by Crippen LogP contribution is 2.48. The number of carbonyl (C=O) groups is 3. The van der Waals surface area contributed by atoms with E-state index in [0.29, 0.717) is 139 Å². The SMILES string of the molecule is CCCCCCCCCCOc1cc(OCC(=O)OC(C)(C)C)cc(-c2c(OC)cc(COc3cc(CO)cc(OCc4cc(OC)c(-c5cc(OCCCCCCCCCC)cc(OCC(=O)OC(C)(C)C)c5)c(OC)c4)c3-c3cc(OCCCCCCCCCC)cc(OCC(=O)OC(C)(C)C)c3)cc2OC)c1. The Morgan fingerprint density at radius 2 is 0.509 bits per heavy atom. The van der Waals surface area contributed by atoms with E-state index in [0.717, 1.165) is 64.2 Å². The number of aliphatic hydroxyl groups is 1. The van der Waals surface area contributed by atoms with Crippen LogP contribution in [-0.2, 0) is 48.4 Å². The number of ether oxygens (including phenoxy) is 15. The molecule has 1 N–H and O–H groups in total. The highest BCUT2D eigenvalue weighted by atomic mass is 16.6. The Labute approximate surface area is 657 Å². The number of esters is 3. The van der Waals surface area contributed by atoms with Gasteiger partial charge in [0.2, 0.25) is 0 Å². The lowest BCUT2D eigenvalue weighted by Crippen LogP contribution is -2.27.